The van der Waals surface area contributed by atoms with E-state index in [0.29, 0.717) is 5.82 Å². The van der Waals surface area contributed by atoms with Gasteiger partial charge < -0.3 is 10.0 Å². The Hall–Kier alpha value is -1.34. The maximum absolute atomic E-state index is 12.5. The van der Waals surface area contributed by atoms with Crippen molar-refractivity contribution in [1.82, 2.24) is 9.97 Å². The molecule has 0 atom stereocenters. The van der Waals surface area contributed by atoms with Gasteiger partial charge in [0.15, 0.2) is 0 Å². The summed E-state index contributed by atoms with van der Waals surface area (Å²) in [5.74, 6) is 0.458. The first-order valence-electron chi connectivity index (χ1n) is 5.04. The van der Waals surface area contributed by atoms with E-state index in [2.05, 4.69) is 9.97 Å². The highest BCUT2D eigenvalue weighted by molar-refractivity contribution is 7.17. The molecule has 17 heavy (non-hydrogen) atoms. The number of hydrogen-bond acceptors (Lipinski definition) is 5. The Labute approximate surface area is 101 Å². The molecule has 2 heterocycles. The van der Waals surface area contributed by atoms with Crippen LogP contribution in [0.2, 0.25) is 0 Å². The average molecular weight is 259 g/mol. The van der Waals surface area contributed by atoms with Crippen LogP contribution in [0, 0.1) is 0 Å². The second kappa shape index (κ2) is 5.33. The molecule has 0 saturated heterocycles. The van der Waals surface area contributed by atoms with Crippen molar-refractivity contribution in [2.24, 2.45) is 0 Å². The SMILES string of the molecule is OCCN(CC(F)F)c1ncnc2ccsc12. The molecule has 0 unspecified atom stereocenters. The summed E-state index contributed by atoms with van der Waals surface area (Å²) in [5.41, 5.74) is 0.734. The number of hydrogen-bond donors (Lipinski definition) is 1. The van der Waals surface area contributed by atoms with E-state index in [0.717, 1.165) is 10.2 Å². The molecule has 0 aliphatic heterocycles. The van der Waals surface area contributed by atoms with Gasteiger partial charge in [0.2, 0.25) is 0 Å². The predicted octanol–water partition coefficient (Wildman–Crippen LogP) is 1.76. The van der Waals surface area contributed by atoms with Crippen LogP contribution >= 0.6 is 11.3 Å². The van der Waals surface area contributed by atoms with Crippen LogP contribution in [0.3, 0.4) is 0 Å². The van der Waals surface area contributed by atoms with Crippen LogP contribution in [0.15, 0.2) is 17.8 Å². The zero-order valence-corrected chi connectivity index (χ0v) is 9.70. The van der Waals surface area contributed by atoms with Crippen molar-refractivity contribution in [2.45, 2.75) is 6.43 Å². The van der Waals surface area contributed by atoms with Gasteiger partial charge in [0.1, 0.15) is 12.1 Å². The standard InChI is InChI=1S/C10H11F2N3OS/c11-8(12)5-15(2-3-16)10-9-7(1-4-17-9)13-6-14-10/h1,4,6,8,16H,2-3,5H2. The Morgan fingerprint density at radius 2 is 2.24 bits per heavy atom. The van der Waals surface area contributed by atoms with Crippen molar-refractivity contribution in [3.05, 3.63) is 17.8 Å². The van der Waals surface area contributed by atoms with Crippen molar-refractivity contribution in [3.8, 4) is 0 Å². The minimum Gasteiger partial charge on any atom is -0.395 e. The third-order valence-electron chi connectivity index (χ3n) is 2.25. The minimum absolute atomic E-state index is 0.133. The van der Waals surface area contributed by atoms with E-state index in [1.807, 2.05) is 11.4 Å². The fraction of sp³-hybridized carbons (Fsp3) is 0.400. The van der Waals surface area contributed by atoms with E-state index >= 15 is 0 Å². The van der Waals surface area contributed by atoms with Gasteiger partial charge in [0, 0.05) is 6.54 Å². The Morgan fingerprint density at radius 1 is 1.41 bits per heavy atom. The van der Waals surface area contributed by atoms with Gasteiger partial charge in [-0.15, -0.1) is 11.3 Å². The van der Waals surface area contributed by atoms with E-state index in [1.165, 1.54) is 22.6 Å². The van der Waals surface area contributed by atoms with Crippen molar-refractivity contribution < 1.29 is 13.9 Å². The smallest absolute Gasteiger partial charge is 0.255 e. The molecule has 4 nitrogen and oxygen atoms in total. The molecule has 2 rings (SSSR count). The molecule has 0 aliphatic carbocycles. The molecule has 7 heteroatoms. The van der Waals surface area contributed by atoms with Crippen molar-refractivity contribution in [3.63, 3.8) is 0 Å². The average Bonchev–Trinajstić information content (AvgIpc) is 2.75. The highest BCUT2D eigenvalue weighted by atomic mass is 32.1. The largest absolute Gasteiger partial charge is 0.395 e. The van der Waals surface area contributed by atoms with Gasteiger partial charge >= 0.3 is 0 Å². The number of anilines is 1. The lowest BCUT2D eigenvalue weighted by molar-refractivity contribution is 0.152. The molecule has 0 aliphatic rings. The topological polar surface area (TPSA) is 49.2 Å². The molecule has 0 spiro atoms. The van der Waals surface area contributed by atoms with E-state index < -0.39 is 13.0 Å². The highest BCUT2D eigenvalue weighted by Gasteiger charge is 2.16. The molecule has 0 aromatic carbocycles. The summed E-state index contributed by atoms with van der Waals surface area (Å²) in [6.07, 6.45) is -1.12. The number of aliphatic hydroxyl groups excluding tert-OH is 1. The Morgan fingerprint density at radius 3 is 2.94 bits per heavy atom. The van der Waals surface area contributed by atoms with Crippen molar-refractivity contribution in [1.29, 1.82) is 0 Å². The number of nitrogens with zero attached hydrogens (tertiary/aromatic N) is 3. The van der Waals surface area contributed by atoms with Crippen molar-refractivity contribution >= 4 is 27.4 Å². The first-order chi connectivity index (χ1) is 8.22. The first kappa shape index (κ1) is 12.1. The summed E-state index contributed by atoms with van der Waals surface area (Å²) in [5, 5.41) is 10.7. The van der Waals surface area contributed by atoms with E-state index in [1.54, 1.807) is 0 Å². The van der Waals surface area contributed by atoms with Gasteiger partial charge in [-0.2, -0.15) is 0 Å². The van der Waals surface area contributed by atoms with E-state index in [9.17, 15) is 8.78 Å². The number of rotatable bonds is 5. The summed E-state index contributed by atoms with van der Waals surface area (Å²) in [6.45, 7) is -0.498. The zero-order valence-electron chi connectivity index (χ0n) is 8.88. The van der Waals surface area contributed by atoms with Gasteiger partial charge in [-0.3, -0.25) is 0 Å². The Balaban J connectivity index is 2.36. The normalized spacial score (nSPS) is 11.3. The van der Waals surface area contributed by atoms with Gasteiger partial charge in [0.05, 0.1) is 23.4 Å². The number of fused-ring (bicyclic) bond motifs is 1. The molecular formula is C10H11F2N3OS. The first-order valence-corrected chi connectivity index (χ1v) is 5.92. The number of aromatic nitrogens is 2. The molecular weight excluding hydrogens is 248 g/mol. The quantitative estimate of drug-likeness (QED) is 0.888. The number of aliphatic hydroxyl groups is 1. The Kier molecular flexibility index (Phi) is 3.80. The van der Waals surface area contributed by atoms with E-state index in [-0.39, 0.29) is 13.2 Å². The summed E-state index contributed by atoms with van der Waals surface area (Å²) in [7, 11) is 0. The zero-order chi connectivity index (χ0) is 12.3. The predicted molar refractivity (Wildman–Crippen MR) is 62.7 cm³/mol. The fourth-order valence-electron chi connectivity index (χ4n) is 1.57. The number of thiophene rings is 1. The highest BCUT2D eigenvalue weighted by Crippen LogP contribution is 2.27. The van der Waals surface area contributed by atoms with Crippen LogP contribution in [0.5, 0.6) is 0 Å². The van der Waals surface area contributed by atoms with Crippen LogP contribution in [0.25, 0.3) is 10.2 Å². The van der Waals surface area contributed by atoms with Gasteiger partial charge in [-0.25, -0.2) is 18.7 Å². The lowest BCUT2D eigenvalue weighted by atomic mass is 10.4. The van der Waals surface area contributed by atoms with Crippen molar-refractivity contribution in [2.75, 3.05) is 24.6 Å². The van der Waals surface area contributed by atoms with Gasteiger partial charge in [-0.05, 0) is 11.4 Å². The molecule has 0 fully saturated rings. The molecule has 1 N–H and O–H groups in total. The third-order valence-corrected chi connectivity index (χ3v) is 3.15. The molecule has 92 valence electrons. The summed E-state index contributed by atoms with van der Waals surface area (Å²) in [6, 6.07) is 1.81. The lowest BCUT2D eigenvalue weighted by Crippen LogP contribution is -2.32. The monoisotopic (exact) mass is 259 g/mol. The summed E-state index contributed by atoms with van der Waals surface area (Å²) >= 11 is 1.40. The maximum atomic E-state index is 12.5. The molecule has 2 aromatic rings. The summed E-state index contributed by atoms with van der Waals surface area (Å²) < 4.78 is 25.7. The van der Waals surface area contributed by atoms with Crippen LogP contribution in [-0.4, -0.2) is 41.2 Å². The second-order valence-corrected chi connectivity index (χ2v) is 4.31. The third kappa shape index (κ3) is 2.67. The van der Waals surface area contributed by atoms with E-state index in [4.69, 9.17) is 5.11 Å². The second-order valence-electron chi connectivity index (χ2n) is 3.39. The number of halogens is 2. The number of alkyl halides is 2. The summed E-state index contributed by atoms with van der Waals surface area (Å²) in [4.78, 5) is 9.46. The minimum atomic E-state index is -2.47. The molecule has 0 amide bonds. The van der Waals surface area contributed by atoms with Gasteiger partial charge in [0.25, 0.3) is 6.43 Å². The Bertz CT molecular complexity index is 491. The van der Waals surface area contributed by atoms with Crippen LogP contribution in [-0.2, 0) is 0 Å². The van der Waals surface area contributed by atoms with Crippen LogP contribution in [0.4, 0.5) is 14.6 Å². The lowest BCUT2D eigenvalue weighted by Gasteiger charge is -2.22. The van der Waals surface area contributed by atoms with Crippen LogP contribution < -0.4 is 4.90 Å². The fourth-order valence-corrected chi connectivity index (χ4v) is 2.43. The van der Waals surface area contributed by atoms with Crippen LogP contribution in [0.1, 0.15) is 0 Å². The maximum Gasteiger partial charge on any atom is 0.255 e. The molecule has 0 radical (unpaired) electrons. The van der Waals surface area contributed by atoms with Gasteiger partial charge in [-0.1, -0.05) is 0 Å². The molecule has 0 bridgehead atoms. The molecule has 2 aromatic heterocycles. The molecule has 0 saturated carbocycles.